The largest absolute Gasteiger partial charge is 0.349 e. The van der Waals surface area contributed by atoms with Crippen molar-refractivity contribution in [2.75, 3.05) is 28.2 Å². The van der Waals surface area contributed by atoms with E-state index in [9.17, 15) is 0 Å². The fraction of sp³-hybridized carbons (Fsp3) is 0.900. The Labute approximate surface area is 83.4 Å². The van der Waals surface area contributed by atoms with Crippen molar-refractivity contribution in [2.45, 2.75) is 33.7 Å². The van der Waals surface area contributed by atoms with Gasteiger partial charge in [0.15, 0.2) is 5.96 Å². The Morgan fingerprint density at radius 3 is 1.31 bits per heavy atom. The van der Waals surface area contributed by atoms with Gasteiger partial charge in [0.1, 0.15) is 0 Å². The zero-order valence-corrected chi connectivity index (χ0v) is 9.34. The lowest BCUT2D eigenvalue weighted by molar-refractivity contribution is 0.455. The second kappa shape index (κ2) is 5.10. The van der Waals surface area contributed by atoms with E-state index in [1.807, 2.05) is 38.0 Å². The summed E-state index contributed by atoms with van der Waals surface area (Å²) in [6, 6.07) is 0. The van der Waals surface area contributed by atoms with Crippen LogP contribution in [0.25, 0.3) is 0 Å². The second-order valence-corrected chi connectivity index (χ2v) is 4.37. The van der Waals surface area contributed by atoms with E-state index in [4.69, 9.17) is 0 Å². The molecule has 0 radical (unpaired) electrons. The third kappa shape index (κ3) is 6.43. The molecule has 80 valence electrons. The molecule has 0 spiro atoms. The molecular weight excluding hydrogens is 162 g/mol. The van der Waals surface area contributed by atoms with Crippen molar-refractivity contribution < 1.29 is 0 Å². The van der Waals surface area contributed by atoms with Gasteiger partial charge in [-0.05, 0) is 20.8 Å². The van der Waals surface area contributed by atoms with Crippen LogP contribution >= 0.6 is 0 Å². The van der Waals surface area contributed by atoms with E-state index < -0.39 is 0 Å². The molecule has 0 amide bonds. The number of hydrogen-bond acceptors (Lipinski definition) is 1. The highest BCUT2D eigenvalue weighted by molar-refractivity contribution is 5.79. The van der Waals surface area contributed by atoms with Crippen molar-refractivity contribution in [3.63, 3.8) is 0 Å². The summed E-state index contributed by atoms with van der Waals surface area (Å²) in [5.74, 6) is 1.00. The maximum atomic E-state index is 4.58. The number of rotatable bonds is 0. The molecule has 0 unspecified atom stereocenters. The lowest BCUT2D eigenvalue weighted by atomic mass is 10.1. The van der Waals surface area contributed by atoms with Crippen molar-refractivity contribution in [2.24, 2.45) is 4.99 Å². The molecule has 0 bridgehead atoms. The van der Waals surface area contributed by atoms with Gasteiger partial charge in [-0.1, -0.05) is 7.43 Å². The van der Waals surface area contributed by atoms with Gasteiger partial charge in [0.05, 0.1) is 5.54 Å². The summed E-state index contributed by atoms with van der Waals surface area (Å²) in [7, 11) is 8.02. The molecule has 0 aromatic carbocycles. The molecule has 0 aromatic rings. The minimum Gasteiger partial charge on any atom is -0.349 e. The Balaban J connectivity index is 0. The van der Waals surface area contributed by atoms with Crippen LogP contribution in [0, 0.1) is 0 Å². The molecule has 0 saturated heterocycles. The summed E-state index contributed by atoms with van der Waals surface area (Å²) in [4.78, 5) is 8.61. The van der Waals surface area contributed by atoms with Gasteiger partial charge in [-0.2, -0.15) is 0 Å². The number of guanidine groups is 1. The molecule has 3 heteroatoms. The summed E-state index contributed by atoms with van der Waals surface area (Å²) in [5.41, 5.74) is -0.0100. The number of nitrogens with zero attached hydrogens (tertiary/aromatic N) is 3. The van der Waals surface area contributed by atoms with Crippen molar-refractivity contribution in [3.8, 4) is 0 Å². The summed E-state index contributed by atoms with van der Waals surface area (Å²) in [5, 5.41) is 0. The first-order valence-corrected chi connectivity index (χ1v) is 4.18. The molecule has 0 heterocycles. The summed E-state index contributed by atoms with van der Waals surface area (Å²) >= 11 is 0. The first-order chi connectivity index (χ1) is 5.24. The van der Waals surface area contributed by atoms with Gasteiger partial charge < -0.3 is 9.80 Å². The van der Waals surface area contributed by atoms with E-state index in [0.717, 1.165) is 5.96 Å². The molecule has 13 heavy (non-hydrogen) atoms. The van der Waals surface area contributed by atoms with Crippen molar-refractivity contribution >= 4 is 5.96 Å². The molecule has 0 saturated carbocycles. The Morgan fingerprint density at radius 1 is 0.923 bits per heavy atom. The maximum absolute atomic E-state index is 4.58. The average Bonchev–Trinajstić information content (AvgIpc) is 1.79. The van der Waals surface area contributed by atoms with Crippen LogP contribution in [0.1, 0.15) is 28.2 Å². The van der Waals surface area contributed by atoms with E-state index in [0.29, 0.717) is 0 Å². The third-order valence-electron chi connectivity index (χ3n) is 1.24. The number of hydrogen-bond donors (Lipinski definition) is 0. The maximum Gasteiger partial charge on any atom is 0.196 e. The smallest absolute Gasteiger partial charge is 0.196 e. The molecule has 0 rings (SSSR count). The van der Waals surface area contributed by atoms with Crippen LogP contribution < -0.4 is 0 Å². The predicted octanol–water partition coefficient (Wildman–Crippen LogP) is 1.90. The van der Waals surface area contributed by atoms with Crippen molar-refractivity contribution in [1.29, 1.82) is 0 Å². The zero-order valence-electron chi connectivity index (χ0n) is 9.34. The van der Waals surface area contributed by atoms with Gasteiger partial charge in [0, 0.05) is 28.2 Å². The first kappa shape index (κ1) is 14.8. The van der Waals surface area contributed by atoms with Gasteiger partial charge >= 0.3 is 0 Å². The standard InChI is InChI=1S/C9H21N3.CH4/c1-9(2,3)10-8(11(4)5)12(6)7;/h1-7H3;1H4. The van der Waals surface area contributed by atoms with Crippen molar-refractivity contribution in [3.05, 3.63) is 0 Å². The van der Waals surface area contributed by atoms with Crippen LogP contribution in [0.15, 0.2) is 4.99 Å². The van der Waals surface area contributed by atoms with Crippen LogP contribution in [0.3, 0.4) is 0 Å². The van der Waals surface area contributed by atoms with Gasteiger partial charge in [0.25, 0.3) is 0 Å². The topological polar surface area (TPSA) is 18.8 Å². The Bertz CT molecular complexity index is 153. The van der Waals surface area contributed by atoms with Crippen molar-refractivity contribution in [1.82, 2.24) is 9.80 Å². The first-order valence-electron chi connectivity index (χ1n) is 4.18. The summed E-state index contributed by atoms with van der Waals surface area (Å²) < 4.78 is 0. The molecule has 0 aliphatic heterocycles. The van der Waals surface area contributed by atoms with Crippen LogP contribution in [0.4, 0.5) is 0 Å². The van der Waals surface area contributed by atoms with Gasteiger partial charge in [0.2, 0.25) is 0 Å². The van der Waals surface area contributed by atoms with E-state index in [-0.39, 0.29) is 13.0 Å². The second-order valence-electron chi connectivity index (χ2n) is 4.37. The molecule has 0 N–H and O–H groups in total. The van der Waals surface area contributed by atoms with Gasteiger partial charge in [-0.15, -0.1) is 0 Å². The van der Waals surface area contributed by atoms with Crippen LogP contribution in [0.2, 0.25) is 0 Å². The molecule has 0 aliphatic rings. The van der Waals surface area contributed by atoms with Crippen LogP contribution in [0.5, 0.6) is 0 Å². The molecule has 0 atom stereocenters. The normalized spacial score (nSPS) is 10.1. The van der Waals surface area contributed by atoms with E-state index in [1.165, 1.54) is 0 Å². The fourth-order valence-corrected chi connectivity index (χ4v) is 0.900. The Hall–Kier alpha value is -0.730. The highest BCUT2D eigenvalue weighted by Gasteiger charge is 2.12. The van der Waals surface area contributed by atoms with E-state index in [2.05, 4.69) is 25.8 Å². The van der Waals surface area contributed by atoms with E-state index >= 15 is 0 Å². The average molecular weight is 187 g/mol. The lowest BCUT2D eigenvalue weighted by Gasteiger charge is -2.26. The molecular formula is C10H25N3. The van der Waals surface area contributed by atoms with Gasteiger partial charge in [-0.3, -0.25) is 0 Å². The highest BCUT2D eigenvalue weighted by atomic mass is 15.3. The fourth-order valence-electron chi connectivity index (χ4n) is 0.900. The molecule has 0 fully saturated rings. The van der Waals surface area contributed by atoms with Gasteiger partial charge in [-0.25, -0.2) is 4.99 Å². The zero-order chi connectivity index (χ0) is 9.94. The lowest BCUT2D eigenvalue weighted by Crippen LogP contribution is -2.37. The minimum absolute atomic E-state index is 0. The molecule has 0 aromatic heterocycles. The minimum atomic E-state index is -0.0100. The predicted molar refractivity (Wildman–Crippen MR) is 61.3 cm³/mol. The highest BCUT2D eigenvalue weighted by Crippen LogP contribution is 2.07. The third-order valence-corrected chi connectivity index (χ3v) is 1.24. The Kier molecular flexibility index (Phi) is 5.79. The summed E-state index contributed by atoms with van der Waals surface area (Å²) in [6.45, 7) is 6.29. The molecule has 3 nitrogen and oxygen atoms in total. The monoisotopic (exact) mass is 187 g/mol. The SMILES string of the molecule is C.CN(C)C(=NC(C)(C)C)N(C)C. The van der Waals surface area contributed by atoms with Crippen LogP contribution in [-0.4, -0.2) is 49.5 Å². The Morgan fingerprint density at radius 2 is 1.23 bits per heavy atom. The summed E-state index contributed by atoms with van der Waals surface area (Å²) in [6.07, 6.45) is 0. The number of aliphatic imine (C=N–C) groups is 1. The molecule has 0 aliphatic carbocycles. The van der Waals surface area contributed by atoms with E-state index in [1.54, 1.807) is 0 Å². The van der Waals surface area contributed by atoms with Crippen LogP contribution in [-0.2, 0) is 0 Å². The quantitative estimate of drug-likeness (QED) is 0.426.